The number of amides is 2. The second kappa shape index (κ2) is 8.49. The van der Waals surface area contributed by atoms with Gasteiger partial charge in [-0.3, -0.25) is 4.79 Å². The predicted octanol–water partition coefficient (Wildman–Crippen LogP) is 4.66. The van der Waals surface area contributed by atoms with E-state index >= 15 is 0 Å². The van der Waals surface area contributed by atoms with Crippen LogP contribution >= 0.6 is 22.9 Å². The van der Waals surface area contributed by atoms with E-state index in [1.807, 2.05) is 45.0 Å². The predicted molar refractivity (Wildman–Crippen MR) is 111 cm³/mol. The number of benzene rings is 1. The van der Waals surface area contributed by atoms with E-state index < -0.39 is 5.60 Å². The average Bonchev–Trinajstić information content (AvgIpc) is 3.01. The molecule has 2 amide bonds. The van der Waals surface area contributed by atoms with Crippen LogP contribution in [-0.2, 0) is 28.9 Å². The minimum Gasteiger partial charge on any atom is -0.444 e. The summed E-state index contributed by atoms with van der Waals surface area (Å²) in [5, 5.41) is 4.13. The number of ether oxygens (including phenoxy) is 1. The second-order valence-electron chi connectivity index (χ2n) is 7.72. The van der Waals surface area contributed by atoms with E-state index in [1.165, 1.54) is 11.3 Å². The number of anilines is 1. The van der Waals surface area contributed by atoms with E-state index in [0.29, 0.717) is 42.5 Å². The third-order valence-electron chi connectivity index (χ3n) is 4.18. The van der Waals surface area contributed by atoms with Gasteiger partial charge in [0.2, 0.25) is 5.91 Å². The molecule has 0 aliphatic carbocycles. The maximum absolute atomic E-state index is 12.3. The summed E-state index contributed by atoms with van der Waals surface area (Å²) in [4.78, 5) is 31.7. The van der Waals surface area contributed by atoms with Crippen molar-refractivity contribution in [2.24, 2.45) is 0 Å². The molecule has 8 heteroatoms. The van der Waals surface area contributed by atoms with Gasteiger partial charge in [0.1, 0.15) is 5.60 Å². The number of aromatic nitrogens is 1. The smallest absolute Gasteiger partial charge is 0.410 e. The van der Waals surface area contributed by atoms with Crippen molar-refractivity contribution in [3.05, 3.63) is 45.4 Å². The number of carbonyl (C=O) groups is 2. The first-order valence-electron chi connectivity index (χ1n) is 9.20. The Kier molecular flexibility index (Phi) is 6.25. The average molecular weight is 422 g/mol. The van der Waals surface area contributed by atoms with Gasteiger partial charge in [-0.25, -0.2) is 9.78 Å². The standard InChI is InChI=1S/C20H24ClN3O3S/c1-20(2,3)27-19(26)24-11-10-15-16(12-24)28-18(22-15)23-17(25)9-6-13-4-7-14(21)8-5-13/h4-5,7-8H,6,9-12H2,1-3H3,(H,22,23,25). The van der Waals surface area contributed by atoms with Crippen LogP contribution in [0.1, 0.15) is 43.3 Å². The van der Waals surface area contributed by atoms with Gasteiger partial charge in [0, 0.05) is 29.3 Å². The van der Waals surface area contributed by atoms with Gasteiger partial charge in [-0.1, -0.05) is 35.1 Å². The number of thiazole rings is 1. The van der Waals surface area contributed by atoms with Gasteiger partial charge in [-0.05, 0) is 44.9 Å². The molecule has 150 valence electrons. The molecule has 1 N–H and O–H groups in total. The maximum atomic E-state index is 12.3. The SMILES string of the molecule is CC(C)(C)OC(=O)N1CCc2nc(NC(=O)CCc3ccc(Cl)cc3)sc2C1. The molecule has 0 spiro atoms. The van der Waals surface area contributed by atoms with Gasteiger partial charge in [-0.2, -0.15) is 0 Å². The van der Waals surface area contributed by atoms with Crippen LogP contribution in [0, 0.1) is 0 Å². The highest BCUT2D eigenvalue weighted by Gasteiger charge is 2.28. The zero-order valence-electron chi connectivity index (χ0n) is 16.3. The van der Waals surface area contributed by atoms with Crippen molar-refractivity contribution in [3.8, 4) is 0 Å². The number of nitrogens with zero attached hydrogens (tertiary/aromatic N) is 2. The van der Waals surface area contributed by atoms with Gasteiger partial charge in [-0.15, -0.1) is 0 Å². The molecule has 0 unspecified atom stereocenters. The normalized spacial score (nSPS) is 13.8. The monoisotopic (exact) mass is 421 g/mol. The Morgan fingerprint density at radius 2 is 2.00 bits per heavy atom. The molecule has 0 radical (unpaired) electrons. The number of aryl methyl sites for hydroxylation is 1. The summed E-state index contributed by atoms with van der Waals surface area (Å²) in [7, 11) is 0. The Hall–Kier alpha value is -2.12. The molecule has 28 heavy (non-hydrogen) atoms. The van der Waals surface area contributed by atoms with Gasteiger partial charge in [0.15, 0.2) is 5.13 Å². The third-order valence-corrected chi connectivity index (χ3v) is 5.43. The summed E-state index contributed by atoms with van der Waals surface area (Å²) in [5.41, 5.74) is 1.48. The number of nitrogens with one attached hydrogen (secondary N) is 1. The molecule has 0 fully saturated rings. The lowest BCUT2D eigenvalue weighted by molar-refractivity contribution is -0.116. The first kappa shape index (κ1) is 20.6. The minimum atomic E-state index is -0.520. The molecule has 3 rings (SSSR count). The van der Waals surface area contributed by atoms with Crippen LogP contribution in [0.25, 0.3) is 0 Å². The number of fused-ring (bicyclic) bond motifs is 1. The summed E-state index contributed by atoms with van der Waals surface area (Å²) in [6.45, 7) is 6.58. The van der Waals surface area contributed by atoms with Crippen LogP contribution in [0.15, 0.2) is 24.3 Å². The Morgan fingerprint density at radius 3 is 2.68 bits per heavy atom. The molecular weight excluding hydrogens is 398 g/mol. The first-order valence-corrected chi connectivity index (χ1v) is 10.4. The highest BCUT2D eigenvalue weighted by molar-refractivity contribution is 7.15. The van der Waals surface area contributed by atoms with Crippen LogP contribution in [0.3, 0.4) is 0 Å². The number of halogens is 1. The number of carbonyl (C=O) groups excluding carboxylic acids is 2. The third kappa shape index (κ3) is 5.69. The molecule has 2 heterocycles. The highest BCUT2D eigenvalue weighted by Crippen LogP contribution is 2.29. The van der Waals surface area contributed by atoms with E-state index in [2.05, 4.69) is 10.3 Å². The molecule has 0 saturated carbocycles. The molecule has 1 aromatic carbocycles. The van der Waals surface area contributed by atoms with E-state index in [-0.39, 0.29) is 12.0 Å². The summed E-state index contributed by atoms with van der Waals surface area (Å²) in [6.07, 6.45) is 1.35. The molecular formula is C20H24ClN3O3S. The lowest BCUT2D eigenvalue weighted by Crippen LogP contribution is -2.39. The fraction of sp³-hybridized carbons (Fsp3) is 0.450. The quantitative estimate of drug-likeness (QED) is 0.779. The van der Waals surface area contributed by atoms with Crippen LogP contribution in [0.4, 0.5) is 9.93 Å². The number of hydrogen-bond donors (Lipinski definition) is 1. The molecule has 0 saturated heterocycles. The molecule has 0 atom stereocenters. The van der Waals surface area contributed by atoms with Crippen molar-refractivity contribution in [1.29, 1.82) is 0 Å². The van der Waals surface area contributed by atoms with Gasteiger partial charge in [0.05, 0.1) is 12.2 Å². The van der Waals surface area contributed by atoms with E-state index in [4.69, 9.17) is 16.3 Å². The number of rotatable bonds is 4. The zero-order chi connectivity index (χ0) is 20.3. The molecule has 1 aromatic heterocycles. The first-order chi connectivity index (χ1) is 13.2. The largest absolute Gasteiger partial charge is 0.444 e. The van der Waals surface area contributed by atoms with Crippen molar-refractivity contribution in [2.75, 3.05) is 11.9 Å². The maximum Gasteiger partial charge on any atom is 0.410 e. The minimum absolute atomic E-state index is 0.0787. The second-order valence-corrected chi connectivity index (χ2v) is 9.24. The van der Waals surface area contributed by atoms with Crippen molar-refractivity contribution >= 4 is 40.1 Å². The fourth-order valence-electron chi connectivity index (χ4n) is 2.82. The zero-order valence-corrected chi connectivity index (χ0v) is 17.8. The fourth-order valence-corrected chi connectivity index (χ4v) is 3.99. The molecule has 6 nitrogen and oxygen atoms in total. The molecule has 2 aromatic rings. The Balaban J connectivity index is 1.54. The van der Waals surface area contributed by atoms with Gasteiger partial charge < -0.3 is 15.0 Å². The lowest BCUT2D eigenvalue weighted by atomic mass is 10.1. The number of hydrogen-bond acceptors (Lipinski definition) is 5. The van der Waals surface area contributed by atoms with Crippen molar-refractivity contribution in [1.82, 2.24) is 9.88 Å². The van der Waals surface area contributed by atoms with Crippen LogP contribution in [-0.4, -0.2) is 34.0 Å². The van der Waals surface area contributed by atoms with Gasteiger partial charge in [0.25, 0.3) is 0 Å². The lowest BCUT2D eigenvalue weighted by Gasteiger charge is -2.29. The van der Waals surface area contributed by atoms with Crippen LogP contribution in [0.2, 0.25) is 5.02 Å². The van der Waals surface area contributed by atoms with E-state index in [9.17, 15) is 9.59 Å². The van der Waals surface area contributed by atoms with E-state index in [1.54, 1.807) is 4.90 Å². The van der Waals surface area contributed by atoms with Gasteiger partial charge >= 0.3 is 6.09 Å². The topological polar surface area (TPSA) is 71.5 Å². The van der Waals surface area contributed by atoms with Crippen molar-refractivity contribution < 1.29 is 14.3 Å². The Morgan fingerprint density at radius 1 is 1.29 bits per heavy atom. The summed E-state index contributed by atoms with van der Waals surface area (Å²) in [5.74, 6) is -0.0787. The Labute approximate surface area is 173 Å². The molecule has 1 aliphatic heterocycles. The summed E-state index contributed by atoms with van der Waals surface area (Å²) >= 11 is 7.29. The van der Waals surface area contributed by atoms with Crippen molar-refractivity contribution in [2.45, 2.75) is 52.2 Å². The molecule has 1 aliphatic rings. The summed E-state index contributed by atoms with van der Waals surface area (Å²) < 4.78 is 5.44. The van der Waals surface area contributed by atoms with E-state index in [0.717, 1.165) is 16.1 Å². The highest BCUT2D eigenvalue weighted by atomic mass is 35.5. The Bertz CT molecular complexity index is 859. The molecule has 0 bridgehead atoms. The van der Waals surface area contributed by atoms with Crippen LogP contribution in [0.5, 0.6) is 0 Å². The summed E-state index contributed by atoms with van der Waals surface area (Å²) in [6, 6.07) is 7.48. The van der Waals surface area contributed by atoms with Crippen molar-refractivity contribution in [3.63, 3.8) is 0 Å². The van der Waals surface area contributed by atoms with Crippen LogP contribution < -0.4 is 5.32 Å².